The molecule has 0 fully saturated rings. The number of pyridine rings is 1. The second kappa shape index (κ2) is 11.5. The Morgan fingerprint density at radius 2 is 1.73 bits per heavy atom. The lowest BCUT2D eigenvalue weighted by Crippen LogP contribution is -2.60. The van der Waals surface area contributed by atoms with E-state index >= 15 is 0 Å². The molecule has 3 unspecified atom stereocenters. The van der Waals surface area contributed by atoms with Crippen LogP contribution in [0.15, 0.2) is 48.5 Å². The van der Waals surface area contributed by atoms with E-state index in [4.69, 9.17) is 11.6 Å². The van der Waals surface area contributed by atoms with Crippen molar-refractivity contribution >= 4 is 61.4 Å². The molecule has 3 amide bonds. The van der Waals surface area contributed by atoms with Gasteiger partial charge in [0.15, 0.2) is 9.84 Å². The number of nitrogens with zero attached hydrogens (tertiary/aromatic N) is 3. The van der Waals surface area contributed by atoms with Crippen LogP contribution in [0.2, 0.25) is 5.15 Å². The molecular weight excluding hydrogens is 554 g/mol. The summed E-state index contributed by atoms with van der Waals surface area (Å²) in [5, 5.41) is 6.75. The molecule has 3 atom stereocenters. The predicted molar refractivity (Wildman–Crippen MR) is 156 cm³/mol. The average molecular weight is 586 g/mol. The number of nitrogens with one attached hydrogen (secondary N) is 2. The molecule has 0 bridgehead atoms. The maximum absolute atomic E-state index is 14.3. The third-order valence-electron chi connectivity index (χ3n) is 7.16. The van der Waals surface area contributed by atoms with Gasteiger partial charge >= 0.3 is 0 Å². The number of hydrogen-bond donors (Lipinski definition) is 2. The maximum Gasteiger partial charge on any atom is 0.252 e. The van der Waals surface area contributed by atoms with Crippen molar-refractivity contribution < 1.29 is 22.8 Å². The monoisotopic (exact) mass is 585 g/mol. The number of para-hydroxylation sites is 3. The second-order valence-electron chi connectivity index (χ2n) is 10.0. The van der Waals surface area contributed by atoms with Crippen LogP contribution in [0.25, 0.3) is 10.9 Å². The summed E-state index contributed by atoms with van der Waals surface area (Å²) in [6.07, 6.45) is 0.978. The molecule has 10 nitrogen and oxygen atoms in total. The van der Waals surface area contributed by atoms with Crippen molar-refractivity contribution in [1.82, 2.24) is 15.6 Å². The number of fused-ring (bicyclic) bond motifs is 2. The fourth-order valence-corrected chi connectivity index (χ4v) is 5.66. The van der Waals surface area contributed by atoms with Crippen molar-refractivity contribution in [3.63, 3.8) is 0 Å². The van der Waals surface area contributed by atoms with Crippen LogP contribution in [-0.2, 0) is 30.8 Å². The zero-order valence-corrected chi connectivity index (χ0v) is 24.5. The van der Waals surface area contributed by atoms with Crippen molar-refractivity contribution in [2.45, 2.75) is 45.4 Å². The van der Waals surface area contributed by atoms with Crippen LogP contribution in [0.4, 0.5) is 11.4 Å². The summed E-state index contributed by atoms with van der Waals surface area (Å²) in [5.74, 6) is -2.35. The van der Waals surface area contributed by atoms with Gasteiger partial charge in [-0.15, -0.1) is 0 Å². The minimum atomic E-state index is -3.69. The van der Waals surface area contributed by atoms with Gasteiger partial charge in [-0.2, -0.15) is 0 Å². The first-order valence-corrected chi connectivity index (χ1v) is 15.2. The lowest BCUT2D eigenvalue weighted by molar-refractivity contribution is -0.129. The molecule has 40 heavy (non-hydrogen) atoms. The van der Waals surface area contributed by atoms with Gasteiger partial charge in [0.05, 0.1) is 35.5 Å². The summed E-state index contributed by atoms with van der Waals surface area (Å²) < 4.78 is 24.2. The molecule has 2 heterocycles. The van der Waals surface area contributed by atoms with Gasteiger partial charge in [0.2, 0.25) is 11.8 Å². The highest BCUT2D eigenvalue weighted by Gasteiger charge is 2.43. The summed E-state index contributed by atoms with van der Waals surface area (Å²) in [5.41, 5.74) is 2.87. The van der Waals surface area contributed by atoms with Gasteiger partial charge in [-0.3, -0.25) is 14.4 Å². The maximum atomic E-state index is 14.3. The summed E-state index contributed by atoms with van der Waals surface area (Å²) in [4.78, 5) is 48.1. The van der Waals surface area contributed by atoms with Crippen LogP contribution in [-0.4, -0.2) is 68.3 Å². The number of sulfone groups is 1. The van der Waals surface area contributed by atoms with Gasteiger partial charge in [0, 0.05) is 11.6 Å². The van der Waals surface area contributed by atoms with Crippen molar-refractivity contribution in [3.8, 4) is 0 Å². The minimum absolute atomic E-state index is 0.0687. The van der Waals surface area contributed by atoms with Gasteiger partial charge in [-0.05, 0) is 57.1 Å². The van der Waals surface area contributed by atoms with Gasteiger partial charge < -0.3 is 20.4 Å². The molecule has 12 heteroatoms. The van der Waals surface area contributed by atoms with Crippen molar-refractivity contribution in [1.29, 1.82) is 0 Å². The van der Waals surface area contributed by atoms with Crippen LogP contribution in [0.3, 0.4) is 0 Å². The van der Waals surface area contributed by atoms with Gasteiger partial charge in [0.1, 0.15) is 16.9 Å². The summed E-state index contributed by atoms with van der Waals surface area (Å²) in [6.45, 7) is 5.16. The summed E-state index contributed by atoms with van der Waals surface area (Å²) >= 11 is 6.49. The largest absolute Gasteiger partial charge is 0.341 e. The fourth-order valence-electron chi connectivity index (χ4n) is 4.87. The molecule has 0 saturated carbocycles. The molecule has 1 aliphatic rings. The molecule has 1 aromatic heterocycles. The Hall–Kier alpha value is -3.54. The van der Waals surface area contributed by atoms with Crippen molar-refractivity contribution in [2.75, 3.05) is 28.9 Å². The number of amides is 3. The second-order valence-corrected chi connectivity index (χ2v) is 12.5. The standard InChI is InChI=1S/C28H32ClN5O5S/c1-16-20(19-10-6-7-11-21(19)31-26(16)29)14-33-22-12-8-9-13-23(22)34(24(35)15-40(5,38)39)18(3)25(28(33)37)32-27(36)17(2)30-4/h6-13,17-18,25,30H,14-15H2,1-5H3,(H,32,36). The highest BCUT2D eigenvalue weighted by atomic mass is 35.5. The summed E-state index contributed by atoms with van der Waals surface area (Å²) in [7, 11) is -2.07. The fraction of sp³-hybridized carbons (Fsp3) is 0.357. The number of halogens is 1. The van der Waals surface area contributed by atoms with Crippen molar-refractivity contribution in [2.24, 2.45) is 0 Å². The van der Waals surface area contributed by atoms with Crippen molar-refractivity contribution in [3.05, 3.63) is 64.8 Å². The number of carbonyl (C=O) groups is 3. The quantitative estimate of drug-likeness (QED) is 0.408. The highest BCUT2D eigenvalue weighted by Crippen LogP contribution is 2.38. The smallest absolute Gasteiger partial charge is 0.252 e. The Bertz CT molecular complexity index is 1600. The molecule has 2 aromatic carbocycles. The molecule has 0 saturated heterocycles. The molecule has 4 rings (SSSR count). The molecular formula is C28H32ClN5O5S. The van der Waals surface area contributed by atoms with E-state index in [1.54, 1.807) is 45.2 Å². The van der Waals surface area contributed by atoms with E-state index in [-0.39, 0.29) is 6.54 Å². The molecule has 0 spiro atoms. The Morgan fingerprint density at radius 3 is 2.38 bits per heavy atom. The lowest BCUT2D eigenvalue weighted by atomic mass is 10.0. The topological polar surface area (TPSA) is 129 Å². The highest BCUT2D eigenvalue weighted by molar-refractivity contribution is 7.91. The van der Waals surface area contributed by atoms with E-state index in [9.17, 15) is 22.8 Å². The van der Waals surface area contributed by atoms with E-state index in [1.165, 1.54) is 9.80 Å². The van der Waals surface area contributed by atoms with Crippen LogP contribution in [0, 0.1) is 6.92 Å². The number of anilines is 2. The number of hydrogen-bond acceptors (Lipinski definition) is 7. The Balaban J connectivity index is 1.92. The Kier molecular flexibility index (Phi) is 8.48. The first-order valence-electron chi connectivity index (χ1n) is 12.8. The molecule has 0 radical (unpaired) electrons. The zero-order chi connectivity index (χ0) is 29.4. The molecule has 3 aromatic rings. The Labute approximate surface area is 238 Å². The lowest BCUT2D eigenvalue weighted by Gasteiger charge is -2.32. The average Bonchev–Trinajstić information content (AvgIpc) is 2.98. The molecule has 0 aliphatic carbocycles. The predicted octanol–water partition coefficient (Wildman–Crippen LogP) is 2.60. The van der Waals surface area contributed by atoms with Crippen LogP contribution < -0.4 is 20.4 Å². The third kappa shape index (κ3) is 5.81. The summed E-state index contributed by atoms with van der Waals surface area (Å²) in [6, 6.07) is 11.5. The van der Waals surface area contributed by atoms with Crippen LogP contribution in [0.1, 0.15) is 25.0 Å². The number of aromatic nitrogens is 1. The normalized spacial score (nSPS) is 18.3. The molecule has 212 valence electrons. The van der Waals surface area contributed by atoms with E-state index < -0.39 is 51.4 Å². The van der Waals surface area contributed by atoms with Gasteiger partial charge in [-0.1, -0.05) is 41.9 Å². The molecule has 1 aliphatic heterocycles. The first-order chi connectivity index (χ1) is 18.8. The number of carbonyl (C=O) groups excluding carboxylic acids is 3. The number of benzene rings is 2. The van der Waals surface area contributed by atoms with Gasteiger partial charge in [-0.25, -0.2) is 13.4 Å². The third-order valence-corrected chi connectivity index (χ3v) is 8.30. The SMILES string of the molecule is CNC(C)C(=O)NC1C(=O)N(Cc2c(C)c(Cl)nc3ccccc23)c2ccccc2N(C(=O)CS(C)(=O)=O)C1C. The van der Waals surface area contributed by atoms with Gasteiger partial charge in [0.25, 0.3) is 5.91 Å². The van der Waals surface area contributed by atoms with E-state index in [1.807, 2.05) is 31.2 Å². The first kappa shape index (κ1) is 29.4. The van der Waals surface area contributed by atoms with Crippen LogP contribution in [0.5, 0.6) is 0 Å². The van der Waals surface area contributed by atoms with E-state index in [2.05, 4.69) is 15.6 Å². The minimum Gasteiger partial charge on any atom is -0.341 e. The zero-order valence-electron chi connectivity index (χ0n) is 22.9. The van der Waals surface area contributed by atoms with Crippen LogP contribution >= 0.6 is 11.6 Å². The molecule has 2 N–H and O–H groups in total. The Morgan fingerprint density at radius 1 is 1.10 bits per heavy atom. The van der Waals surface area contributed by atoms with E-state index in [0.717, 1.165) is 17.2 Å². The number of rotatable bonds is 7. The van der Waals surface area contributed by atoms with E-state index in [0.29, 0.717) is 27.6 Å². The number of likely N-dealkylation sites (N-methyl/N-ethyl adjacent to an activating group) is 1.